The van der Waals surface area contributed by atoms with Gasteiger partial charge in [-0.2, -0.15) is 9.98 Å². The van der Waals surface area contributed by atoms with Gasteiger partial charge in [0.1, 0.15) is 0 Å². The Labute approximate surface area is 174 Å². The van der Waals surface area contributed by atoms with Gasteiger partial charge in [0.25, 0.3) is 0 Å². The number of rotatable bonds is 8. The van der Waals surface area contributed by atoms with E-state index >= 15 is 0 Å². The number of benzene rings is 2. The molecule has 0 spiro atoms. The molecule has 0 saturated heterocycles. The summed E-state index contributed by atoms with van der Waals surface area (Å²) < 4.78 is 27.3. The topological polar surface area (TPSA) is 135 Å². The Morgan fingerprint density at radius 2 is 2.00 bits per heavy atom. The molecule has 1 heterocycles. The Balaban J connectivity index is 1.66. The van der Waals surface area contributed by atoms with Crippen molar-refractivity contribution in [2.75, 3.05) is 6.61 Å². The zero-order valence-corrected chi connectivity index (χ0v) is 17.1. The number of H-pyrrole nitrogens is 1. The summed E-state index contributed by atoms with van der Waals surface area (Å²) in [6.45, 7) is 1.12. The van der Waals surface area contributed by atoms with Gasteiger partial charge in [0.2, 0.25) is 15.9 Å². The van der Waals surface area contributed by atoms with Crippen molar-refractivity contribution in [1.29, 1.82) is 5.26 Å². The molecule has 3 rings (SSSR count). The van der Waals surface area contributed by atoms with Crippen molar-refractivity contribution < 1.29 is 18.3 Å². The Morgan fingerprint density at radius 3 is 2.73 bits per heavy atom. The predicted octanol–water partition coefficient (Wildman–Crippen LogP) is 1.43. The van der Waals surface area contributed by atoms with Crippen LogP contribution in [0.4, 0.5) is 0 Å². The molecule has 0 aliphatic heterocycles. The molecule has 2 unspecified atom stereocenters. The molecule has 0 bridgehead atoms. The van der Waals surface area contributed by atoms with Crippen LogP contribution < -0.4 is 10.0 Å². The lowest BCUT2D eigenvalue weighted by Crippen LogP contribution is -2.49. The molecule has 0 radical (unpaired) electrons. The van der Waals surface area contributed by atoms with Crippen molar-refractivity contribution >= 4 is 26.8 Å². The second kappa shape index (κ2) is 9.09. The number of amides is 1. The minimum absolute atomic E-state index is 0.0984. The molecule has 2 atom stereocenters. The monoisotopic (exact) mass is 426 g/mol. The molecule has 8 nitrogen and oxygen atoms in total. The van der Waals surface area contributed by atoms with Crippen molar-refractivity contribution in [1.82, 2.24) is 15.0 Å². The molecular formula is C21H22N4O4S. The summed E-state index contributed by atoms with van der Waals surface area (Å²) in [6.07, 6.45) is 2.21. The van der Waals surface area contributed by atoms with E-state index in [4.69, 9.17) is 5.26 Å². The molecule has 1 aromatic heterocycles. The number of nitrogens with zero attached hydrogens (tertiary/aromatic N) is 1. The number of carbonyl (C=O) groups is 1. The number of carbonyl (C=O) groups excluding carboxylic acids is 1. The van der Waals surface area contributed by atoms with Crippen LogP contribution in [0.5, 0.6) is 0 Å². The number of aromatic amines is 1. The maximum absolute atomic E-state index is 12.5. The van der Waals surface area contributed by atoms with Gasteiger partial charge in [-0.15, -0.1) is 0 Å². The average molecular weight is 426 g/mol. The van der Waals surface area contributed by atoms with Crippen LogP contribution in [0.15, 0.2) is 59.6 Å². The fourth-order valence-electron chi connectivity index (χ4n) is 3.14. The fourth-order valence-corrected chi connectivity index (χ4v) is 4.39. The number of nitrogens with one attached hydrogen (secondary N) is 3. The smallest absolute Gasteiger partial charge is 0.241 e. The van der Waals surface area contributed by atoms with Crippen molar-refractivity contribution in [3.05, 3.63) is 65.9 Å². The highest BCUT2D eigenvalue weighted by atomic mass is 32.2. The minimum Gasteiger partial charge on any atom is -0.394 e. The van der Waals surface area contributed by atoms with Crippen molar-refractivity contribution in [2.24, 2.45) is 0 Å². The highest BCUT2D eigenvalue weighted by Gasteiger charge is 2.24. The van der Waals surface area contributed by atoms with Crippen LogP contribution in [0.2, 0.25) is 0 Å². The van der Waals surface area contributed by atoms with Gasteiger partial charge < -0.3 is 15.4 Å². The lowest BCUT2D eigenvalue weighted by molar-refractivity contribution is -0.123. The van der Waals surface area contributed by atoms with Crippen molar-refractivity contribution in [3.8, 4) is 6.07 Å². The first-order valence-corrected chi connectivity index (χ1v) is 10.8. The first-order chi connectivity index (χ1) is 14.3. The van der Waals surface area contributed by atoms with Crippen LogP contribution in [0.1, 0.15) is 18.1 Å². The Hall–Kier alpha value is -3.19. The van der Waals surface area contributed by atoms with E-state index in [9.17, 15) is 18.3 Å². The highest BCUT2D eigenvalue weighted by molar-refractivity contribution is 7.89. The summed E-state index contributed by atoms with van der Waals surface area (Å²) in [4.78, 5) is 15.6. The Bertz CT molecular complexity index is 1200. The summed E-state index contributed by atoms with van der Waals surface area (Å²) in [6, 6.07) is 13.5. The number of hydrogen-bond acceptors (Lipinski definition) is 5. The third-order valence-corrected chi connectivity index (χ3v) is 6.25. The SMILES string of the molecule is CC(NS(=O)(=O)c1cccc(C#N)c1)C(=O)NC(CO)Cc1c[nH]c2ccccc12. The maximum atomic E-state index is 12.5. The second-order valence-electron chi connectivity index (χ2n) is 6.93. The van der Waals surface area contributed by atoms with Gasteiger partial charge >= 0.3 is 0 Å². The number of aliphatic hydroxyl groups is 1. The maximum Gasteiger partial charge on any atom is 0.241 e. The molecule has 3 aromatic rings. The van der Waals surface area contributed by atoms with Gasteiger partial charge in [0.15, 0.2) is 0 Å². The van der Waals surface area contributed by atoms with Crippen LogP contribution in [0, 0.1) is 11.3 Å². The molecule has 0 aliphatic carbocycles. The fraction of sp³-hybridized carbons (Fsp3) is 0.238. The lowest BCUT2D eigenvalue weighted by Gasteiger charge is -2.20. The molecular weight excluding hydrogens is 404 g/mol. The molecule has 9 heteroatoms. The second-order valence-corrected chi connectivity index (χ2v) is 8.65. The normalized spacial score (nSPS) is 13.5. The third kappa shape index (κ3) is 4.86. The summed E-state index contributed by atoms with van der Waals surface area (Å²) >= 11 is 0. The standard InChI is InChI=1S/C21H22N4O4S/c1-14(25-30(28,29)18-6-4-5-15(9-18)11-22)21(27)24-17(13-26)10-16-12-23-20-8-3-2-7-19(16)20/h2-9,12,14,17,23,25-26H,10,13H2,1H3,(H,24,27). The third-order valence-electron chi connectivity index (χ3n) is 4.71. The molecule has 0 fully saturated rings. The molecule has 156 valence electrons. The molecule has 4 N–H and O–H groups in total. The quantitative estimate of drug-likeness (QED) is 0.432. The van der Waals surface area contributed by atoms with Gasteiger partial charge in [0, 0.05) is 17.1 Å². The average Bonchev–Trinajstić information content (AvgIpc) is 3.15. The van der Waals surface area contributed by atoms with Crippen LogP contribution >= 0.6 is 0 Å². The Morgan fingerprint density at radius 1 is 1.23 bits per heavy atom. The van der Waals surface area contributed by atoms with E-state index in [1.165, 1.54) is 31.2 Å². The largest absolute Gasteiger partial charge is 0.394 e. The van der Waals surface area contributed by atoms with E-state index in [1.807, 2.05) is 36.5 Å². The lowest BCUT2D eigenvalue weighted by atomic mass is 10.1. The van der Waals surface area contributed by atoms with Crippen LogP contribution in [0.25, 0.3) is 10.9 Å². The highest BCUT2D eigenvalue weighted by Crippen LogP contribution is 2.19. The van der Waals surface area contributed by atoms with Gasteiger partial charge in [-0.25, -0.2) is 8.42 Å². The molecule has 0 aliphatic rings. The predicted molar refractivity (Wildman–Crippen MR) is 112 cm³/mol. The van der Waals surface area contributed by atoms with Gasteiger partial charge in [-0.05, 0) is 43.2 Å². The van der Waals surface area contributed by atoms with Gasteiger partial charge in [-0.1, -0.05) is 24.3 Å². The summed E-state index contributed by atoms with van der Waals surface area (Å²) in [5, 5.41) is 22.3. The zero-order valence-electron chi connectivity index (χ0n) is 16.3. The van der Waals surface area contributed by atoms with Crippen molar-refractivity contribution in [2.45, 2.75) is 30.3 Å². The molecule has 1 amide bonds. The van der Waals surface area contributed by atoms with Crippen LogP contribution in [-0.4, -0.2) is 43.1 Å². The number of sulfonamides is 1. The molecule has 30 heavy (non-hydrogen) atoms. The van der Waals surface area contributed by atoms with Crippen molar-refractivity contribution in [3.63, 3.8) is 0 Å². The van der Waals surface area contributed by atoms with Crippen LogP contribution in [0.3, 0.4) is 0 Å². The number of hydrogen-bond donors (Lipinski definition) is 4. The van der Waals surface area contributed by atoms with E-state index in [-0.39, 0.29) is 17.1 Å². The van der Waals surface area contributed by atoms with Gasteiger partial charge in [0.05, 0.1) is 35.2 Å². The number of nitriles is 1. The van der Waals surface area contributed by atoms with E-state index in [0.29, 0.717) is 6.42 Å². The number of aliphatic hydroxyl groups excluding tert-OH is 1. The van der Waals surface area contributed by atoms with E-state index < -0.39 is 28.0 Å². The summed E-state index contributed by atoms with van der Waals surface area (Å²) in [5.41, 5.74) is 2.09. The van der Waals surface area contributed by atoms with E-state index in [0.717, 1.165) is 16.5 Å². The zero-order chi connectivity index (χ0) is 21.7. The molecule has 0 saturated carbocycles. The summed E-state index contributed by atoms with van der Waals surface area (Å²) in [7, 11) is -3.99. The summed E-state index contributed by atoms with van der Waals surface area (Å²) in [5.74, 6) is -0.561. The first kappa shape index (κ1) is 21.5. The minimum atomic E-state index is -3.99. The molecule has 2 aromatic carbocycles. The first-order valence-electron chi connectivity index (χ1n) is 9.33. The van der Waals surface area contributed by atoms with E-state index in [1.54, 1.807) is 0 Å². The Kier molecular flexibility index (Phi) is 6.52. The number of fused-ring (bicyclic) bond motifs is 1. The van der Waals surface area contributed by atoms with Gasteiger partial charge in [-0.3, -0.25) is 4.79 Å². The van der Waals surface area contributed by atoms with Crippen LogP contribution in [-0.2, 0) is 21.2 Å². The number of aromatic nitrogens is 1. The van der Waals surface area contributed by atoms with E-state index in [2.05, 4.69) is 15.0 Å². The number of para-hydroxylation sites is 1.